The Labute approximate surface area is 106 Å². The number of benzene rings is 2. The first-order valence-corrected chi connectivity index (χ1v) is 5.53. The van der Waals surface area contributed by atoms with Crippen molar-refractivity contribution in [3.05, 3.63) is 48.5 Å². The molecule has 0 amide bonds. The molecule has 0 unspecified atom stereocenters. The fourth-order valence-electron chi connectivity index (χ4n) is 1.53. The predicted molar refractivity (Wildman–Crippen MR) is 70.2 cm³/mol. The minimum atomic E-state index is 0.589. The van der Waals surface area contributed by atoms with Crippen LogP contribution in [-0.2, 0) is 0 Å². The van der Waals surface area contributed by atoms with Crippen LogP contribution in [0.3, 0.4) is 0 Å². The van der Waals surface area contributed by atoms with Crippen LogP contribution in [0.2, 0.25) is 0 Å². The lowest BCUT2D eigenvalue weighted by atomic mass is 10.3. The Bertz CT molecular complexity index is 516. The molecule has 18 heavy (non-hydrogen) atoms. The van der Waals surface area contributed by atoms with Gasteiger partial charge < -0.3 is 9.47 Å². The molecule has 4 heteroatoms. The van der Waals surface area contributed by atoms with Crippen molar-refractivity contribution in [2.45, 2.75) is 0 Å². The molecule has 92 valence electrons. The molecule has 0 radical (unpaired) electrons. The van der Waals surface area contributed by atoms with Crippen molar-refractivity contribution in [1.29, 1.82) is 0 Å². The molecule has 0 atom stereocenters. The second kappa shape index (κ2) is 5.82. The van der Waals surface area contributed by atoms with E-state index >= 15 is 0 Å². The van der Waals surface area contributed by atoms with E-state index in [1.54, 1.807) is 14.2 Å². The van der Waals surface area contributed by atoms with Gasteiger partial charge in [-0.05, 0) is 24.3 Å². The third-order valence-corrected chi connectivity index (χ3v) is 2.42. The summed E-state index contributed by atoms with van der Waals surface area (Å²) in [6.45, 7) is 0. The first-order valence-electron chi connectivity index (χ1n) is 5.53. The second-order valence-corrected chi connectivity index (χ2v) is 3.55. The van der Waals surface area contributed by atoms with Gasteiger partial charge in [-0.2, -0.15) is 5.11 Å². The molecule has 4 nitrogen and oxygen atoms in total. The van der Waals surface area contributed by atoms with Gasteiger partial charge in [0.1, 0.15) is 11.5 Å². The van der Waals surface area contributed by atoms with Gasteiger partial charge in [0.2, 0.25) is 0 Å². The van der Waals surface area contributed by atoms with E-state index in [1.807, 2.05) is 48.5 Å². The highest BCUT2D eigenvalue weighted by atomic mass is 16.5. The highest BCUT2D eigenvalue weighted by Crippen LogP contribution is 2.37. The molecular weight excluding hydrogens is 228 g/mol. The average molecular weight is 242 g/mol. The number of methoxy groups -OCH3 is 2. The van der Waals surface area contributed by atoms with Gasteiger partial charge in [-0.15, -0.1) is 5.11 Å². The number of azo groups is 1. The summed E-state index contributed by atoms with van der Waals surface area (Å²) in [5.41, 5.74) is 1.37. The quantitative estimate of drug-likeness (QED) is 0.757. The highest BCUT2D eigenvalue weighted by Gasteiger charge is 2.08. The standard InChI is InChI=1S/C14H14N2O2/c1-17-12-9-6-10-13(18-2)14(12)16-15-11-7-4-3-5-8-11/h3-10H,1-2H3. The van der Waals surface area contributed by atoms with Gasteiger partial charge in [0.05, 0.1) is 19.9 Å². The molecule has 0 heterocycles. The third kappa shape index (κ3) is 2.66. The first-order chi connectivity index (χ1) is 8.85. The van der Waals surface area contributed by atoms with Crippen molar-refractivity contribution in [2.75, 3.05) is 14.2 Å². The van der Waals surface area contributed by atoms with Crippen molar-refractivity contribution >= 4 is 11.4 Å². The molecule has 0 saturated heterocycles. The number of rotatable bonds is 4. The highest BCUT2D eigenvalue weighted by molar-refractivity contribution is 5.61. The van der Waals surface area contributed by atoms with Crippen molar-refractivity contribution in [2.24, 2.45) is 10.2 Å². The van der Waals surface area contributed by atoms with E-state index in [2.05, 4.69) is 10.2 Å². The largest absolute Gasteiger partial charge is 0.494 e. The van der Waals surface area contributed by atoms with Crippen molar-refractivity contribution in [1.82, 2.24) is 0 Å². The number of ether oxygens (including phenoxy) is 2. The van der Waals surface area contributed by atoms with Gasteiger partial charge in [0.25, 0.3) is 0 Å². The van der Waals surface area contributed by atoms with Crippen LogP contribution in [0.5, 0.6) is 11.5 Å². The van der Waals surface area contributed by atoms with E-state index in [0.717, 1.165) is 5.69 Å². The van der Waals surface area contributed by atoms with Crippen LogP contribution in [0.1, 0.15) is 0 Å². The smallest absolute Gasteiger partial charge is 0.169 e. The van der Waals surface area contributed by atoms with Crippen molar-refractivity contribution in [3.63, 3.8) is 0 Å². The van der Waals surface area contributed by atoms with Crippen LogP contribution in [0, 0.1) is 0 Å². The van der Waals surface area contributed by atoms with E-state index < -0.39 is 0 Å². The first kappa shape index (κ1) is 12.1. The van der Waals surface area contributed by atoms with E-state index in [-0.39, 0.29) is 0 Å². The normalized spacial score (nSPS) is 10.6. The molecule has 0 aliphatic carbocycles. The van der Waals surface area contributed by atoms with Crippen LogP contribution in [0.15, 0.2) is 58.8 Å². The van der Waals surface area contributed by atoms with E-state index in [0.29, 0.717) is 17.2 Å². The fourth-order valence-corrected chi connectivity index (χ4v) is 1.53. The Morgan fingerprint density at radius 1 is 0.722 bits per heavy atom. The van der Waals surface area contributed by atoms with Crippen LogP contribution in [0.25, 0.3) is 0 Å². The Morgan fingerprint density at radius 2 is 1.33 bits per heavy atom. The zero-order valence-corrected chi connectivity index (χ0v) is 10.3. The zero-order chi connectivity index (χ0) is 12.8. The summed E-state index contributed by atoms with van der Waals surface area (Å²) in [6.07, 6.45) is 0. The molecule has 0 aliphatic rings. The molecule has 0 saturated carbocycles. The van der Waals surface area contributed by atoms with Crippen LogP contribution < -0.4 is 9.47 Å². The number of hydrogen-bond acceptors (Lipinski definition) is 4. The SMILES string of the molecule is COc1cccc(OC)c1N=Nc1ccccc1. The lowest BCUT2D eigenvalue weighted by molar-refractivity contribution is 0.396. The van der Waals surface area contributed by atoms with E-state index in [9.17, 15) is 0 Å². The van der Waals surface area contributed by atoms with Gasteiger partial charge in [0.15, 0.2) is 5.69 Å². The molecule has 0 spiro atoms. The summed E-state index contributed by atoms with van der Waals surface area (Å²) in [7, 11) is 3.19. The molecule has 0 aromatic heterocycles. The molecule has 0 bridgehead atoms. The van der Waals surface area contributed by atoms with Gasteiger partial charge in [-0.25, -0.2) is 0 Å². The molecule has 2 rings (SSSR count). The molecular formula is C14H14N2O2. The molecule has 0 N–H and O–H groups in total. The summed E-state index contributed by atoms with van der Waals surface area (Å²) < 4.78 is 10.5. The topological polar surface area (TPSA) is 43.2 Å². The molecule has 0 fully saturated rings. The predicted octanol–water partition coefficient (Wildman–Crippen LogP) is 4.12. The second-order valence-electron chi connectivity index (χ2n) is 3.55. The minimum Gasteiger partial charge on any atom is -0.494 e. The van der Waals surface area contributed by atoms with E-state index in [1.165, 1.54) is 0 Å². The van der Waals surface area contributed by atoms with Gasteiger partial charge >= 0.3 is 0 Å². The van der Waals surface area contributed by atoms with Crippen LogP contribution in [-0.4, -0.2) is 14.2 Å². The lowest BCUT2D eigenvalue weighted by Crippen LogP contribution is -1.87. The molecule has 2 aromatic carbocycles. The Balaban J connectivity index is 2.36. The lowest BCUT2D eigenvalue weighted by Gasteiger charge is -2.07. The minimum absolute atomic E-state index is 0.589. The summed E-state index contributed by atoms with van der Waals surface area (Å²) in [6, 6.07) is 15.0. The van der Waals surface area contributed by atoms with Crippen LogP contribution in [0.4, 0.5) is 11.4 Å². The van der Waals surface area contributed by atoms with Gasteiger partial charge in [-0.1, -0.05) is 24.3 Å². The monoisotopic (exact) mass is 242 g/mol. The number of nitrogens with zero attached hydrogens (tertiary/aromatic N) is 2. The summed E-state index contributed by atoms with van der Waals surface area (Å²) in [4.78, 5) is 0. The maximum absolute atomic E-state index is 5.24. The molecule has 2 aromatic rings. The third-order valence-electron chi connectivity index (χ3n) is 2.42. The molecule has 0 aliphatic heterocycles. The Morgan fingerprint density at radius 3 is 1.89 bits per heavy atom. The van der Waals surface area contributed by atoms with Crippen molar-refractivity contribution < 1.29 is 9.47 Å². The van der Waals surface area contributed by atoms with Gasteiger partial charge in [0, 0.05) is 0 Å². The van der Waals surface area contributed by atoms with Gasteiger partial charge in [-0.3, -0.25) is 0 Å². The zero-order valence-electron chi connectivity index (χ0n) is 10.3. The van der Waals surface area contributed by atoms with Crippen molar-refractivity contribution in [3.8, 4) is 11.5 Å². The summed E-state index contributed by atoms with van der Waals surface area (Å²) in [5.74, 6) is 1.27. The Kier molecular flexibility index (Phi) is 3.91. The fraction of sp³-hybridized carbons (Fsp3) is 0.143. The van der Waals surface area contributed by atoms with E-state index in [4.69, 9.17) is 9.47 Å². The average Bonchev–Trinajstić information content (AvgIpc) is 2.45. The van der Waals surface area contributed by atoms with Crippen LogP contribution >= 0.6 is 0 Å². The number of hydrogen-bond donors (Lipinski definition) is 0. The summed E-state index contributed by atoms with van der Waals surface area (Å²) in [5, 5.41) is 8.35. The maximum Gasteiger partial charge on any atom is 0.169 e. The summed E-state index contributed by atoms with van der Waals surface area (Å²) >= 11 is 0. The Hall–Kier alpha value is -2.36. The maximum atomic E-state index is 5.24.